The summed E-state index contributed by atoms with van der Waals surface area (Å²) in [6, 6.07) is 13.2. The van der Waals surface area contributed by atoms with Crippen LogP contribution in [0.3, 0.4) is 0 Å². The minimum atomic E-state index is -0.0146. The number of benzene rings is 2. The first-order chi connectivity index (χ1) is 15.9. The molecule has 0 aliphatic carbocycles. The van der Waals surface area contributed by atoms with E-state index in [2.05, 4.69) is 35.9 Å². The van der Waals surface area contributed by atoms with Gasteiger partial charge in [0.25, 0.3) is 0 Å². The summed E-state index contributed by atoms with van der Waals surface area (Å²) < 4.78 is 18.6. The van der Waals surface area contributed by atoms with Crippen molar-refractivity contribution in [2.24, 2.45) is 5.92 Å². The van der Waals surface area contributed by atoms with E-state index in [1.54, 1.807) is 0 Å². The fourth-order valence-corrected chi connectivity index (χ4v) is 3.95. The number of rotatable bonds is 9. The van der Waals surface area contributed by atoms with Gasteiger partial charge in [0, 0.05) is 30.4 Å². The number of ether oxygens (including phenoxy) is 3. The Kier molecular flexibility index (Phi) is 6.87. The molecule has 1 aliphatic heterocycles. The molecule has 33 heavy (non-hydrogen) atoms. The summed E-state index contributed by atoms with van der Waals surface area (Å²) in [4.78, 5) is 12.6. The Bertz CT molecular complexity index is 1140. The van der Waals surface area contributed by atoms with Crippen molar-refractivity contribution in [1.82, 2.24) is 9.78 Å². The number of hydrogen-bond acceptors (Lipinski definition) is 5. The van der Waals surface area contributed by atoms with Gasteiger partial charge in [-0.25, -0.2) is 0 Å². The van der Waals surface area contributed by atoms with Gasteiger partial charge in [-0.15, -0.1) is 0 Å². The van der Waals surface area contributed by atoms with Crippen LogP contribution < -0.4 is 19.5 Å². The number of amides is 1. The van der Waals surface area contributed by atoms with E-state index in [1.807, 2.05) is 49.4 Å². The number of aryl methyl sites for hydroxylation is 1. The normalized spacial score (nSPS) is 12.3. The van der Waals surface area contributed by atoms with E-state index in [4.69, 9.17) is 14.2 Å². The predicted molar refractivity (Wildman–Crippen MR) is 127 cm³/mol. The first-order valence-electron chi connectivity index (χ1n) is 11.3. The highest BCUT2D eigenvalue weighted by atomic mass is 16.7. The maximum absolute atomic E-state index is 12.6. The van der Waals surface area contributed by atoms with Gasteiger partial charge < -0.3 is 19.5 Å². The molecule has 0 fully saturated rings. The molecule has 4 rings (SSSR count). The van der Waals surface area contributed by atoms with E-state index in [1.165, 1.54) is 0 Å². The highest BCUT2D eigenvalue weighted by molar-refractivity contribution is 5.90. The van der Waals surface area contributed by atoms with E-state index in [0.717, 1.165) is 40.5 Å². The third kappa shape index (κ3) is 5.66. The van der Waals surface area contributed by atoms with E-state index in [9.17, 15) is 4.79 Å². The van der Waals surface area contributed by atoms with Crippen molar-refractivity contribution in [3.05, 3.63) is 65.0 Å². The van der Waals surface area contributed by atoms with Gasteiger partial charge >= 0.3 is 0 Å². The summed E-state index contributed by atoms with van der Waals surface area (Å²) in [5.74, 6) is 2.63. The van der Waals surface area contributed by atoms with Crippen LogP contribution in [-0.4, -0.2) is 22.5 Å². The van der Waals surface area contributed by atoms with Crippen LogP contribution in [0.1, 0.15) is 42.8 Å². The molecule has 1 amide bonds. The molecule has 174 valence electrons. The van der Waals surface area contributed by atoms with Gasteiger partial charge in [0.15, 0.2) is 11.5 Å². The van der Waals surface area contributed by atoms with Crippen LogP contribution in [0, 0.1) is 19.8 Å². The Balaban J connectivity index is 1.31. The van der Waals surface area contributed by atoms with Crippen molar-refractivity contribution in [2.75, 3.05) is 12.1 Å². The second-order valence-corrected chi connectivity index (χ2v) is 8.78. The van der Waals surface area contributed by atoms with Gasteiger partial charge in [-0.05, 0) is 61.6 Å². The Labute approximate surface area is 194 Å². The summed E-state index contributed by atoms with van der Waals surface area (Å²) in [6.45, 7) is 9.96. The van der Waals surface area contributed by atoms with Crippen molar-refractivity contribution in [1.29, 1.82) is 0 Å². The molecule has 0 saturated carbocycles. The molecule has 1 N–H and O–H groups in total. The van der Waals surface area contributed by atoms with Crippen LogP contribution in [0.25, 0.3) is 0 Å². The number of carbonyl (C=O) groups is 1. The zero-order valence-electron chi connectivity index (χ0n) is 19.7. The lowest BCUT2D eigenvalue weighted by Crippen LogP contribution is -2.13. The van der Waals surface area contributed by atoms with Crippen LogP contribution in [0.15, 0.2) is 42.5 Å². The fourth-order valence-electron chi connectivity index (χ4n) is 3.95. The minimum Gasteiger partial charge on any atom is -0.489 e. The molecule has 0 saturated heterocycles. The van der Waals surface area contributed by atoms with Gasteiger partial charge in [0.1, 0.15) is 12.4 Å². The average molecular weight is 450 g/mol. The second-order valence-electron chi connectivity index (χ2n) is 8.78. The molecule has 7 heteroatoms. The summed E-state index contributed by atoms with van der Waals surface area (Å²) in [6.07, 6.45) is 1.08. The van der Waals surface area contributed by atoms with Gasteiger partial charge in [-0.2, -0.15) is 5.10 Å². The first kappa shape index (κ1) is 22.7. The summed E-state index contributed by atoms with van der Waals surface area (Å²) >= 11 is 0. The molecule has 0 spiro atoms. The van der Waals surface area contributed by atoms with Gasteiger partial charge in [0.2, 0.25) is 12.7 Å². The predicted octanol–water partition coefficient (Wildman–Crippen LogP) is 5.03. The number of nitrogens with zero attached hydrogens (tertiary/aromatic N) is 2. The molecule has 2 aromatic carbocycles. The molecule has 0 radical (unpaired) electrons. The molecule has 0 atom stereocenters. The molecule has 3 aromatic rings. The SMILES string of the molecule is Cc1nn(CC(C)C)c(C)c1CCC(=O)Nc1cccc(COc2ccc3c(c2)OCO3)c1. The van der Waals surface area contributed by atoms with Gasteiger partial charge in [-0.3, -0.25) is 9.48 Å². The summed E-state index contributed by atoms with van der Waals surface area (Å²) in [5.41, 5.74) is 5.04. The number of aromatic nitrogens is 2. The van der Waals surface area contributed by atoms with Crippen LogP contribution >= 0.6 is 0 Å². The monoisotopic (exact) mass is 449 g/mol. The molecule has 0 unspecified atom stereocenters. The molecule has 0 bridgehead atoms. The summed E-state index contributed by atoms with van der Waals surface area (Å²) in [5, 5.41) is 7.65. The topological polar surface area (TPSA) is 74.6 Å². The van der Waals surface area contributed by atoms with Crippen molar-refractivity contribution < 1.29 is 19.0 Å². The molecule has 7 nitrogen and oxygen atoms in total. The van der Waals surface area contributed by atoms with E-state index in [0.29, 0.717) is 36.9 Å². The lowest BCUT2D eigenvalue weighted by molar-refractivity contribution is -0.116. The number of carbonyl (C=O) groups excluding carboxylic acids is 1. The highest BCUT2D eigenvalue weighted by Crippen LogP contribution is 2.35. The molecule has 1 aromatic heterocycles. The lowest BCUT2D eigenvalue weighted by atomic mass is 10.1. The second kappa shape index (κ2) is 9.98. The van der Waals surface area contributed by atoms with E-state index >= 15 is 0 Å². The van der Waals surface area contributed by atoms with Gasteiger partial charge in [0.05, 0.1) is 5.69 Å². The lowest BCUT2D eigenvalue weighted by Gasteiger charge is -2.10. The van der Waals surface area contributed by atoms with Crippen molar-refractivity contribution in [2.45, 2.75) is 53.7 Å². The van der Waals surface area contributed by atoms with Crippen LogP contribution in [0.2, 0.25) is 0 Å². The largest absolute Gasteiger partial charge is 0.489 e. The van der Waals surface area contributed by atoms with Crippen LogP contribution in [0.5, 0.6) is 17.2 Å². The maximum Gasteiger partial charge on any atom is 0.231 e. The number of hydrogen-bond donors (Lipinski definition) is 1. The smallest absolute Gasteiger partial charge is 0.231 e. The number of anilines is 1. The quantitative estimate of drug-likeness (QED) is 0.496. The van der Waals surface area contributed by atoms with E-state index < -0.39 is 0 Å². The van der Waals surface area contributed by atoms with Gasteiger partial charge in [-0.1, -0.05) is 26.0 Å². The van der Waals surface area contributed by atoms with Crippen LogP contribution in [0.4, 0.5) is 5.69 Å². The third-order valence-electron chi connectivity index (χ3n) is 5.63. The standard InChI is InChI=1S/C26H31N3O4/c1-17(2)14-29-19(4)23(18(3)28-29)9-11-26(30)27-21-7-5-6-20(12-21)15-31-22-8-10-24-25(13-22)33-16-32-24/h5-8,10,12-13,17H,9,11,14-16H2,1-4H3,(H,27,30). The number of nitrogens with one attached hydrogen (secondary N) is 1. The Morgan fingerprint density at radius 3 is 2.79 bits per heavy atom. The molecule has 1 aliphatic rings. The van der Waals surface area contributed by atoms with Crippen molar-refractivity contribution >= 4 is 11.6 Å². The average Bonchev–Trinajstić information content (AvgIpc) is 3.34. The fraction of sp³-hybridized carbons (Fsp3) is 0.385. The Morgan fingerprint density at radius 2 is 1.97 bits per heavy atom. The zero-order valence-corrected chi connectivity index (χ0v) is 19.7. The Hall–Kier alpha value is -3.48. The van der Waals surface area contributed by atoms with Crippen molar-refractivity contribution in [3.8, 4) is 17.2 Å². The molecular weight excluding hydrogens is 418 g/mol. The minimum absolute atomic E-state index is 0.0146. The zero-order chi connectivity index (χ0) is 23.4. The third-order valence-corrected chi connectivity index (χ3v) is 5.63. The molecule has 2 heterocycles. The van der Waals surface area contributed by atoms with E-state index in [-0.39, 0.29) is 12.7 Å². The Morgan fingerprint density at radius 1 is 1.15 bits per heavy atom. The maximum atomic E-state index is 12.6. The highest BCUT2D eigenvalue weighted by Gasteiger charge is 2.15. The number of fused-ring (bicyclic) bond motifs is 1. The first-order valence-corrected chi connectivity index (χ1v) is 11.3. The molecular formula is C26H31N3O4. The van der Waals surface area contributed by atoms with Crippen LogP contribution in [-0.2, 0) is 24.4 Å². The summed E-state index contributed by atoms with van der Waals surface area (Å²) in [7, 11) is 0. The van der Waals surface area contributed by atoms with Crippen molar-refractivity contribution in [3.63, 3.8) is 0 Å².